The number of H-pyrrole nitrogens is 1. The standard InChI is InChI=1S/C13H18N2O3/c1-9-6-11(16)10(7-14-9)12(17)15-4-5-18-8-13(15,2)3/h6-7H,4-5,8H2,1-3H3,(H,14,16). The van der Waals surface area contributed by atoms with Crippen molar-refractivity contribution in [3.8, 4) is 0 Å². The number of pyridine rings is 1. The molecule has 1 amide bonds. The molecule has 0 aliphatic carbocycles. The first-order chi connectivity index (χ1) is 8.42. The Morgan fingerprint density at radius 3 is 2.83 bits per heavy atom. The van der Waals surface area contributed by atoms with E-state index >= 15 is 0 Å². The van der Waals surface area contributed by atoms with Gasteiger partial charge in [-0.1, -0.05) is 0 Å². The van der Waals surface area contributed by atoms with Gasteiger partial charge in [0.1, 0.15) is 5.56 Å². The molecule has 1 aromatic heterocycles. The second-order valence-electron chi connectivity index (χ2n) is 5.22. The number of hydrogen-bond donors (Lipinski definition) is 1. The largest absolute Gasteiger partial charge is 0.377 e. The number of aryl methyl sites for hydroxylation is 1. The first-order valence-electron chi connectivity index (χ1n) is 6.01. The molecular weight excluding hydrogens is 232 g/mol. The zero-order valence-corrected chi connectivity index (χ0v) is 10.9. The van der Waals surface area contributed by atoms with Gasteiger partial charge in [0.15, 0.2) is 5.43 Å². The van der Waals surface area contributed by atoms with Crippen LogP contribution in [0.15, 0.2) is 17.1 Å². The first kappa shape index (κ1) is 12.8. The van der Waals surface area contributed by atoms with Crippen LogP contribution in [0.2, 0.25) is 0 Å². The molecule has 1 aromatic rings. The molecule has 1 saturated heterocycles. The Bertz CT molecular complexity index is 519. The molecule has 2 heterocycles. The van der Waals surface area contributed by atoms with Gasteiger partial charge in [-0.3, -0.25) is 9.59 Å². The highest BCUT2D eigenvalue weighted by molar-refractivity contribution is 5.94. The van der Waals surface area contributed by atoms with Crippen LogP contribution in [0.25, 0.3) is 0 Å². The molecule has 2 rings (SSSR count). The van der Waals surface area contributed by atoms with Crippen molar-refractivity contribution in [1.82, 2.24) is 9.88 Å². The molecule has 0 atom stereocenters. The number of aromatic amines is 1. The second kappa shape index (κ2) is 4.57. The van der Waals surface area contributed by atoms with Gasteiger partial charge in [-0.2, -0.15) is 0 Å². The van der Waals surface area contributed by atoms with E-state index in [1.165, 1.54) is 12.3 Å². The summed E-state index contributed by atoms with van der Waals surface area (Å²) in [5.41, 5.74) is 0.319. The van der Waals surface area contributed by atoms with Crippen LogP contribution in [-0.4, -0.2) is 41.1 Å². The lowest BCUT2D eigenvalue weighted by molar-refractivity contribution is -0.0371. The van der Waals surface area contributed by atoms with Gasteiger partial charge in [-0.05, 0) is 20.8 Å². The van der Waals surface area contributed by atoms with Crippen LogP contribution >= 0.6 is 0 Å². The second-order valence-corrected chi connectivity index (χ2v) is 5.22. The third kappa shape index (κ3) is 2.31. The topological polar surface area (TPSA) is 62.4 Å². The minimum absolute atomic E-state index is 0.190. The van der Waals surface area contributed by atoms with Crippen molar-refractivity contribution in [2.24, 2.45) is 0 Å². The van der Waals surface area contributed by atoms with Gasteiger partial charge in [-0.15, -0.1) is 0 Å². The summed E-state index contributed by atoms with van der Waals surface area (Å²) >= 11 is 0. The number of rotatable bonds is 1. The predicted molar refractivity (Wildman–Crippen MR) is 67.7 cm³/mol. The first-order valence-corrected chi connectivity index (χ1v) is 6.01. The molecule has 0 bridgehead atoms. The smallest absolute Gasteiger partial charge is 0.259 e. The van der Waals surface area contributed by atoms with Crippen molar-refractivity contribution in [3.05, 3.63) is 33.7 Å². The van der Waals surface area contributed by atoms with Crippen molar-refractivity contribution in [2.75, 3.05) is 19.8 Å². The number of nitrogens with one attached hydrogen (secondary N) is 1. The average Bonchev–Trinajstić information content (AvgIpc) is 2.27. The number of nitrogens with zero attached hydrogens (tertiary/aromatic N) is 1. The Hall–Kier alpha value is -1.62. The van der Waals surface area contributed by atoms with Crippen molar-refractivity contribution >= 4 is 5.91 Å². The van der Waals surface area contributed by atoms with E-state index in [1.807, 2.05) is 13.8 Å². The number of hydrogen-bond acceptors (Lipinski definition) is 3. The summed E-state index contributed by atoms with van der Waals surface area (Å²) in [5, 5.41) is 0. The quantitative estimate of drug-likeness (QED) is 0.806. The number of carbonyl (C=O) groups is 1. The highest BCUT2D eigenvalue weighted by Crippen LogP contribution is 2.20. The molecule has 1 aliphatic rings. The van der Waals surface area contributed by atoms with E-state index < -0.39 is 0 Å². The lowest BCUT2D eigenvalue weighted by Crippen LogP contribution is -2.56. The Morgan fingerprint density at radius 2 is 2.22 bits per heavy atom. The van der Waals surface area contributed by atoms with Crippen LogP contribution in [0.1, 0.15) is 29.9 Å². The van der Waals surface area contributed by atoms with Crippen LogP contribution in [0.3, 0.4) is 0 Å². The fourth-order valence-electron chi connectivity index (χ4n) is 2.12. The van der Waals surface area contributed by atoms with Crippen molar-refractivity contribution < 1.29 is 9.53 Å². The van der Waals surface area contributed by atoms with Crippen molar-refractivity contribution in [2.45, 2.75) is 26.3 Å². The van der Waals surface area contributed by atoms with E-state index in [-0.39, 0.29) is 22.4 Å². The van der Waals surface area contributed by atoms with Gasteiger partial charge >= 0.3 is 0 Å². The molecule has 1 N–H and O–H groups in total. The van der Waals surface area contributed by atoms with E-state index in [0.29, 0.717) is 19.8 Å². The summed E-state index contributed by atoms with van der Waals surface area (Å²) in [6.07, 6.45) is 1.49. The van der Waals surface area contributed by atoms with Crippen LogP contribution in [-0.2, 0) is 4.74 Å². The summed E-state index contributed by atoms with van der Waals surface area (Å²) in [6, 6.07) is 1.45. The molecule has 0 saturated carbocycles. The number of aromatic nitrogens is 1. The predicted octanol–water partition coefficient (Wildman–Crippen LogP) is 0.934. The van der Waals surface area contributed by atoms with Gasteiger partial charge < -0.3 is 14.6 Å². The summed E-state index contributed by atoms with van der Waals surface area (Å²) < 4.78 is 5.37. The molecule has 98 valence electrons. The van der Waals surface area contributed by atoms with Crippen LogP contribution in [0.5, 0.6) is 0 Å². The Morgan fingerprint density at radius 1 is 1.50 bits per heavy atom. The molecule has 18 heavy (non-hydrogen) atoms. The number of carbonyl (C=O) groups excluding carboxylic acids is 1. The SMILES string of the molecule is Cc1cc(=O)c(C(=O)N2CCOCC2(C)C)c[nH]1. The normalized spacial score (nSPS) is 18.7. The third-order valence-electron chi connectivity index (χ3n) is 3.18. The van der Waals surface area contributed by atoms with E-state index in [4.69, 9.17) is 4.74 Å². The minimum atomic E-state index is -0.382. The summed E-state index contributed by atoms with van der Waals surface area (Å²) in [6.45, 7) is 7.17. The number of morpholine rings is 1. The third-order valence-corrected chi connectivity index (χ3v) is 3.18. The average molecular weight is 250 g/mol. The fourth-order valence-corrected chi connectivity index (χ4v) is 2.12. The molecule has 0 radical (unpaired) electrons. The maximum Gasteiger partial charge on any atom is 0.259 e. The van der Waals surface area contributed by atoms with E-state index in [0.717, 1.165) is 5.69 Å². The Kier molecular flexibility index (Phi) is 3.26. The van der Waals surface area contributed by atoms with Crippen LogP contribution < -0.4 is 5.43 Å². The van der Waals surface area contributed by atoms with E-state index in [1.54, 1.807) is 11.8 Å². The van der Waals surface area contributed by atoms with Gasteiger partial charge in [0.25, 0.3) is 5.91 Å². The highest BCUT2D eigenvalue weighted by Gasteiger charge is 2.35. The minimum Gasteiger partial charge on any atom is -0.377 e. The molecule has 0 aromatic carbocycles. The van der Waals surface area contributed by atoms with Gasteiger partial charge in [0.2, 0.25) is 0 Å². The van der Waals surface area contributed by atoms with Crippen LogP contribution in [0.4, 0.5) is 0 Å². The monoisotopic (exact) mass is 250 g/mol. The fraction of sp³-hybridized carbons (Fsp3) is 0.538. The maximum absolute atomic E-state index is 12.4. The maximum atomic E-state index is 12.4. The molecule has 0 spiro atoms. The highest BCUT2D eigenvalue weighted by atomic mass is 16.5. The Labute approximate surface area is 106 Å². The van der Waals surface area contributed by atoms with Gasteiger partial charge in [-0.25, -0.2) is 0 Å². The van der Waals surface area contributed by atoms with Crippen molar-refractivity contribution in [3.63, 3.8) is 0 Å². The summed E-state index contributed by atoms with van der Waals surface area (Å²) in [5.74, 6) is -0.232. The number of ether oxygens (including phenoxy) is 1. The van der Waals surface area contributed by atoms with Gasteiger partial charge in [0, 0.05) is 24.5 Å². The van der Waals surface area contributed by atoms with E-state index in [2.05, 4.69) is 4.98 Å². The lowest BCUT2D eigenvalue weighted by atomic mass is 10.0. The van der Waals surface area contributed by atoms with Crippen molar-refractivity contribution in [1.29, 1.82) is 0 Å². The summed E-state index contributed by atoms with van der Waals surface area (Å²) in [4.78, 5) is 28.8. The van der Waals surface area contributed by atoms with Gasteiger partial charge in [0.05, 0.1) is 18.8 Å². The summed E-state index contributed by atoms with van der Waals surface area (Å²) in [7, 11) is 0. The molecule has 5 heteroatoms. The molecule has 5 nitrogen and oxygen atoms in total. The van der Waals surface area contributed by atoms with E-state index in [9.17, 15) is 9.59 Å². The zero-order valence-electron chi connectivity index (χ0n) is 10.9. The van der Waals surface area contributed by atoms with Crippen LogP contribution in [0, 0.1) is 6.92 Å². The number of amides is 1. The molecular formula is C13H18N2O3. The molecule has 0 unspecified atom stereocenters. The Balaban J connectivity index is 2.33. The molecule has 1 aliphatic heterocycles. The zero-order chi connectivity index (χ0) is 13.3. The molecule has 1 fully saturated rings. The lowest BCUT2D eigenvalue weighted by Gasteiger charge is -2.42.